The molecule has 3 N–H and O–H groups in total. The van der Waals surface area contributed by atoms with Gasteiger partial charge in [0.2, 0.25) is 41.4 Å². The molecule has 0 aliphatic carbocycles. The maximum absolute atomic E-state index is 14.7. The van der Waals surface area contributed by atoms with E-state index in [1.54, 1.807) is 41.5 Å². The van der Waals surface area contributed by atoms with Gasteiger partial charge < -0.3 is 45.2 Å². The second-order valence-electron chi connectivity index (χ2n) is 21.7. The maximum Gasteiger partial charge on any atom is 0.329 e. The molecule has 2 heterocycles. The third-order valence-electron chi connectivity index (χ3n) is 14.2. The third kappa shape index (κ3) is 15.1. The summed E-state index contributed by atoms with van der Waals surface area (Å²) in [6.45, 7) is 27.1. The summed E-state index contributed by atoms with van der Waals surface area (Å²) in [6.07, 6.45) is 0.740. The number of rotatable bonds is 10. The average Bonchev–Trinajstić information content (AvgIpc) is 3.78. The number of likely N-dealkylation sites (N-methyl/N-ethyl adjacent to an activating group) is 4. The van der Waals surface area contributed by atoms with Gasteiger partial charge in [-0.3, -0.25) is 38.4 Å². The van der Waals surface area contributed by atoms with Gasteiger partial charge >= 0.3 is 5.97 Å². The number of hydrogen-bond donors (Lipinski definition) is 3. The topological polar surface area (TPSA) is 215 Å². The summed E-state index contributed by atoms with van der Waals surface area (Å²) in [5.74, 6) is -7.84. The molecule has 0 saturated carbocycles. The summed E-state index contributed by atoms with van der Waals surface area (Å²) >= 11 is 0. The second kappa shape index (κ2) is 26.4. The van der Waals surface area contributed by atoms with Crippen LogP contribution in [0.25, 0.3) is 0 Å². The highest BCUT2D eigenvalue weighted by Gasteiger charge is 2.46. The van der Waals surface area contributed by atoms with E-state index in [2.05, 4.69) is 16.0 Å². The van der Waals surface area contributed by atoms with E-state index in [9.17, 15) is 43.2 Å². The number of amides is 8. The molecule has 2 aliphatic heterocycles. The van der Waals surface area contributed by atoms with Gasteiger partial charge in [-0.25, -0.2) is 4.79 Å². The minimum absolute atomic E-state index is 0.0627. The summed E-state index contributed by atoms with van der Waals surface area (Å²) in [5, 5.41) is 8.78. The van der Waals surface area contributed by atoms with Crippen molar-refractivity contribution in [3.63, 3.8) is 0 Å². The standard InChI is InChI=1S/C51H90N8O10/c1-20-32(13)41-51(68)69-42(31(11)12)50(67)55(16)34(15)46(63)56(17)38(26-28(5)6)48(65)57(18)40(30(9)10)49(66)59-24-22-23-37(59)44(61)54-39(29(7)8)45(62)52-35(21-2)33(14)43(60)53-36(25-27(3)4)47(64)58(41)19/h27-42H,20-26H2,1-19H3,(H,52,62)(H,53,60)(H,54,61)/t32-,33-,34-,35+,36-,37-,38?,39?,40?,41-,42?/m0/s1. The Kier molecular flexibility index (Phi) is 23.1. The predicted octanol–water partition coefficient (Wildman–Crippen LogP) is 3.84. The molecule has 2 saturated heterocycles. The molecule has 18 heteroatoms. The molecule has 4 unspecified atom stereocenters. The van der Waals surface area contributed by atoms with Crippen LogP contribution in [0.3, 0.4) is 0 Å². The van der Waals surface area contributed by atoms with Gasteiger partial charge in [0.25, 0.3) is 5.91 Å². The van der Waals surface area contributed by atoms with Crippen LogP contribution >= 0.6 is 0 Å². The Hall–Kier alpha value is -4.77. The number of nitrogens with zero attached hydrogens (tertiary/aromatic N) is 5. The lowest BCUT2D eigenvalue weighted by Gasteiger charge is -2.40. The van der Waals surface area contributed by atoms with Gasteiger partial charge in [0.15, 0.2) is 6.10 Å². The number of hydrogen-bond acceptors (Lipinski definition) is 10. The van der Waals surface area contributed by atoms with Gasteiger partial charge in [0.1, 0.15) is 42.3 Å². The fourth-order valence-corrected chi connectivity index (χ4v) is 9.48. The van der Waals surface area contributed by atoms with E-state index in [1.165, 1.54) is 59.6 Å². The van der Waals surface area contributed by atoms with Crippen molar-refractivity contribution in [2.75, 3.05) is 34.7 Å². The highest BCUT2D eigenvalue weighted by molar-refractivity contribution is 5.98. The Balaban J connectivity index is 2.85. The molecule has 2 fully saturated rings. The van der Waals surface area contributed by atoms with Crippen molar-refractivity contribution in [3.8, 4) is 0 Å². The van der Waals surface area contributed by atoms with E-state index in [-0.39, 0.29) is 31.2 Å². The van der Waals surface area contributed by atoms with Crippen LogP contribution in [0, 0.1) is 41.4 Å². The minimum atomic E-state index is -1.36. The molecule has 8 amide bonds. The molecular weight excluding hydrogens is 885 g/mol. The van der Waals surface area contributed by atoms with Crippen molar-refractivity contribution >= 4 is 53.2 Å². The Morgan fingerprint density at radius 3 is 1.64 bits per heavy atom. The Bertz CT molecular complexity index is 1820. The van der Waals surface area contributed by atoms with E-state index in [0.29, 0.717) is 25.7 Å². The molecule has 11 atom stereocenters. The summed E-state index contributed by atoms with van der Waals surface area (Å²) in [7, 11) is 5.92. The highest BCUT2D eigenvalue weighted by atomic mass is 16.6. The maximum atomic E-state index is 14.7. The Morgan fingerprint density at radius 2 is 1.14 bits per heavy atom. The first kappa shape index (κ1) is 60.4. The van der Waals surface area contributed by atoms with Crippen molar-refractivity contribution in [3.05, 3.63) is 0 Å². The number of carbonyl (C=O) groups is 9. The Labute approximate surface area is 413 Å². The molecule has 2 aliphatic rings. The zero-order valence-corrected chi connectivity index (χ0v) is 45.5. The highest BCUT2D eigenvalue weighted by Crippen LogP contribution is 2.27. The average molecular weight is 975 g/mol. The lowest BCUT2D eigenvalue weighted by molar-refractivity contribution is -0.172. The lowest BCUT2D eigenvalue weighted by atomic mass is 9.94. The van der Waals surface area contributed by atoms with Crippen LogP contribution in [-0.2, 0) is 47.9 Å². The summed E-state index contributed by atoms with van der Waals surface area (Å²) in [5.41, 5.74) is 0. The van der Waals surface area contributed by atoms with E-state index in [0.717, 1.165) is 0 Å². The van der Waals surface area contributed by atoms with Crippen LogP contribution in [0.5, 0.6) is 0 Å². The van der Waals surface area contributed by atoms with Gasteiger partial charge in [-0.2, -0.15) is 0 Å². The van der Waals surface area contributed by atoms with Crippen molar-refractivity contribution in [1.29, 1.82) is 0 Å². The van der Waals surface area contributed by atoms with Crippen LogP contribution < -0.4 is 16.0 Å². The van der Waals surface area contributed by atoms with Crippen LogP contribution in [0.1, 0.15) is 142 Å². The number of ether oxygens (including phenoxy) is 1. The largest absolute Gasteiger partial charge is 0.450 e. The van der Waals surface area contributed by atoms with Crippen LogP contribution in [0.4, 0.5) is 0 Å². The first-order chi connectivity index (χ1) is 32.0. The van der Waals surface area contributed by atoms with Gasteiger partial charge in [0.05, 0.1) is 5.92 Å². The second-order valence-corrected chi connectivity index (χ2v) is 21.7. The zero-order chi connectivity index (χ0) is 53.1. The first-order valence-corrected chi connectivity index (χ1v) is 25.4. The number of carbonyl (C=O) groups excluding carboxylic acids is 9. The molecule has 18 nitrogen and oxygen atoms in total. The number of fused-ring (bicyclic) bond motifs is 1. The lowest BCUT2D eigenvalue weighted by Crippen LogP contribution is -2.61. The molecule has 0 aromatic rings. The molecule has 0 spiro atoms. The normalized spacial score (nSPS) is 29.4. The predicted molar refractivity (Wildman–Crippen MR) is 265 cm³/mol. The quantitative estimate of drug-likeness (QED) is 0.269. The van der Waals surface area contributed by atoms with E-state index < -0.39 is 137 Å². The molecule has 0 aromatic heterocycles. The van der Waals surface area contributed by atoms with Crippen LogP contribution in [0.2, 0.25) is 0 Å². The fraction of sp³-hybridized carbons (Fsp3) is 0.824. The minimum Gasteiger partial charge on any atom is -0.450 e. The van der Waals surface area contributed by atoms with Crippen molar-refractivity contribution in [2.24, 2.45) is 41.4 Å². The molecule has 2 rings (SSSR count). The van der Waals surface area contributed by atoms with Crippen molar-refractivity contribution in [1.82, 2.24) is 40.4 Å². The number of esters is 1. The molecular formula is C51H90N8O10. The summed E-state index contributed by atoms with van der Waals surface area (Å²) in [4.78, 5) is 136. The van der Waals surface area contributed by atoms with Crippen LogP contribution in [0.15, 0.2) is 0 Å². The van der Waals surface area contributed by atoms with Crippen molar-refractivity contribution in [2.45, 2.75) is 197 Å². The molecule has 69 heavy (non-hydrogen) atoms. The van der Waals surface area contributed by atoms with E-state index in [4.69, 9.17) is 4.74 Å². The van der Waals surface area contributed by atoms with Crippen molar-refractivity contribution < 1.29 is 47.9 Å². The third-order valence-corrected chi connectivity index (χ3v) is 14.2. The molecule has 0 aromatic carbocycles. The van der Waals surface area contributed by atoms with Gasteiger partial charge in [-0.15, -0.1) is 0 Å². The van der Waals surface area contributed by atoms with Gasteiger partial charge in [-0.1, -0.05) is 103 Å². The summed E-state index contributed by atoms with van der Waals surface area (Å²) < 4.78 is 6.04. The zero-order valence-electron chi connectivity index (χ0n) is 45.5. The Morgan fingerprint density at radius 1 is 0.580 bits per heavy atom. The van der Waals surface area contributed by atoms with Gasteiger partial charge in [-0.05, 0) is 74.5 Å². The molecule has 394 valence electrons. The van der Waals surface area contributed by atoms with Gasteiger partial charge in [0, 0.05) is 40.8 Å². The summed E-state index contributed by atoms with van der Waals surface area (Å²) in [6, 6.07) is -8.09. The first-order valence-electron chi connectivity index (χ1n) is 25.4. The fourth-order valence-electron chi connectivity index (χ4n) is 9.48. The SMILES string of the molecule is CC[C@H](C)[C@H]1C(=O)OC(C(C)C)C(=O)N(C)[C@@H](C)C(=O)N(C)C(CC(C)C)C(=O)N(C)C(C(C)C)C(=O)N2CCC[C@H]2C(=O)NC(C(C)C)C(=O)N[C@H](CC)[C@H](C)C(=O)N[C@@H](CC(C)C)C(=O)N1C. The van der Waals surface area contributed by atoms with E-state index >= 15 is 0 Å². The molecule has 0 radical (unpaired) electrons. The number of cyclic esters (lactones) is 1. The van der Waals surface area contributed by atoms with E-state index in [1.807, 2.05) is 55.4 Å². The number of nitrogens with one attached hydrogen (secondary N) is 3. The van der Waals surface area contributed by atoms with Crippen LogP contribution in [-0.4, -0.2) is 167 Å². The monoisotopic (exact) mass is 975 g/mol. The molecule has 0 bridgehead atoms. The smallest absolute Gasteiger partial charge is 0.329 e.